The van der Waals surface area contributed by atoms with Crippen LogP contribution in [-0.4, -0.2) is 38.6 Å². The highest BCUT2D eigenvalue weighted by molar-refractivity contribution is 6.30. The number of amides is 2. The minimum atomic E-state index is -0.355. The fourth-order valence-corrected chi connectivity index (χ4v) is 2.18. The van der Waals surface area contributed by atoms with E-state index in [9.17, 15) is 9.59 Å². The zero-order valence-corrected chi connectivity index (χ0v) is 14.5. The summed E-state index contributed by atoms with van der Waals surface area (Å²) in [6.07, 6.45) is 0. The maximum Gasteiger partial charge on any atom is 0.251 e. The van der Waals surface area contributed by atoms with E-state index in [-0.39, 0.29) is 18.4 Å². The zero-order chi connectivity index (χ0) is 18.1. The van der Waals surface area contributed by atoms with Crippen molar-refractivity contribution in [2.24, 2.45) is 0 Å². The average molecular weight is 363 g/mol. The van der Waals surface area contributed by atoms with Crippen LogP contribution in [0.4, 0.5) is 0 Å². The molecule has 0 fully saturated rings. The Kier molecular flexibility index (Phi) is 7.10. The summed E-state index contributed by atoms with van der Waals surface area (Å²) in [5.41, 5.74) is 0.406. The molecule has 2 N–H and O–H groups in total. The van der Waals surface area contributed by atoms with Crippen molar-refractivity contribution < 1.29 is 19.1 Å². The van der Waals surface area contributed by atoms with Crippen molar-refractivity contribution in [1.29, 1.82) is 0 Å². The van der Waals surface area contributed by atoms with Gasteiger partial charge in [0.1, 0.15) is 18.1 Å². The standard InChI is InChI=1S/C18H19ClN2O4/c1-24-15-5-7-16(8-6-15)25-10-9-20-17(22)12-21-18(23)13-3-2-4-14(19)11-13/h2-8,11H,9-10,12H2,1H3,(H,20,22)(H,21,23). The van der Waals surface area contributed by atoms with Gasteiger partial charge in [-0.05, 0) is 42.5 Å². The molecule has 0 spiro atoms. The minimum Gasteiger partial charge on any atom is -0.497 e. The van der Waals surface area contributed by atoms with E-state index in [1.807, 2.05) is 0 Å². The normalized spacial score (nSPS) is 10.0. The summed E-state index contributed by atoms with van der Waals surface area (Å²) < 4.78 is 10.5. The summed E-state index contributed by atoms with van der Waals surface area (Å²) >= 11 is 5.82. The van der Waals surface area contributed by atoms with Gasteiger partial charge in [0, 0.05) is 10.6 Å². The molecule has 0 heterocycles. The smallest absolute Gasteiger partial charge is 0.251 e. The number of carbonyl (C=O) groups excluding carboxylic acids is 2. The second kappa shape index (κ2) is 9.54. The van der Waals surface area contributed by atoms with Crippen LogP contribution < -0.4 is 20.1 Å². The molecule has 2 amide bonds. The summed E-state index contributed by atoms with van der Waals surface area (Å²) in [5, 5.41) is 5.66. The predicted molar refractivity (Wildman–Crippen MR) is 95.3 cm³/mol. The van der Waals surface area contributed by atoms with Gasteiger partial charge in [-0.1, -0.05) is 17.7 Å². The molecule has 0 aliphatic heterocycles. The van der Waals surface area contributed by atoms with E-state index in [0.717, 1.165) is 5.75 Å². The number of rotatable bonds is 8. The Balaban J connectivity index is 1.64. The van der Waals surface area contributed by atoms with Gasteiger partial charge in [0.15, 0.2) is 0 Å². The average Bonchev–Trinajstić information content (AvgIpc) is 2.63. The SMILES string of the molecule is COc1ccc(OCCNC(=O)CNC(=O)c2cccc(Cl)c2)cc1. The number of benzene rings is 2. The van der Waals surface area contributed by atoms with Gasteiger partial charge in [-0.3, -0.25) is 9.59 Å². The molecule has 0 saturated heterocycles. The Morgan fingerprint density at radius 3 is 2.44 bits per heavy atom. The lowest BCUT2D eigenvalue weighted by molar-refractivity contribution is -0.120. The van der Waals surface area contributed by atoms with E-state index in [1.165, 1.54) is 6.07 Å². The number of hydrogen-bond acceptors (Lipinski definition) is 4. The fourth-order valence-electron chi connectivity index (χ4n) is 1.99. The maximum atomic E-state index is 11.9. The van der Waals surface area contributed by atoms with Crippen molar-refractivity contribution in [2.45, 2.75) is 0 Å². The van der Waals surface area contributed by atoms with Crippen molar-refractivity contribution in [3.63, 3.8) is 0 Å². The van der Waals surface area contributed by atoms with Crippen LogP contribution in [0.5, 0.6) is 11.5 Å². The molecule has 6 nitrogen and oxygen atoms in total. The van der Waals surface area contributed by atoms with Crippen molar-refractivity contribution in [3.05, 3.63) is 59.1 Å². The molecule has 0 bridgehead atoms. The summed E-state index contributed by atoms with van der Waals surface area (Å²) in [4.78, 5) is 23.6. The lowest BCUT2D eigenvalue weighted by Gasteiger charge is -2.09. The molecule has 0 unspecified atom stereocenters. The van der Waals surface area contributed by atoms with Crippen LogP contribution in [0.3, 0.4) is 0 Å². The van der Waals surface area contributed by atoms with Gasteiger partial charge < -0.3 is 20.1 Å². The summed E-state index contributed by atoms with van der Waals surface area (Å²) in [5.74, 6) is 0.779. The van der Waals surface area contributed by atoms with E-state index in [0.29, 0.717) is 29.5 Å². The summed E-state index contributed by atoms with van der Waals surface area (Å²) in [7, 11) is 1.59. The van der Waals surface area contributed by atoms with Gasteiger partial charge in [-0.15, -0.1) is 0 Å². The van der Waals surface area contributed by atoms with Gasteiger partial charge in [0.2, 0.25) is 5.91 Å². The Morgan fingerprint density at radius 2 is 1.76 bits per heavy atom. The highest BCUT2D eigenvalue weighted by Crippen LogP contribution is 2.16. The first-order valence-corrected chi connectivity index (χ1v) is 8.03. The number of ether oxygens (including phenoxy) is 2. The van der Waals surface area contributed by atoms with Gasteiger partial charge in [0.05, 0.1) is 20.2 Å². The molecule has 0 aliphatic rings. The molecule has 0 aromatic heterocycles. The van der Waals surface area contributed by atoms with Crippen molar-refractivity contribution in [1.82, 2.24) is 10.6 Å². The van der Waals surface area contributed by atoms with Gasteiger partial charge in [-0.2, -0.15) is 0 Å². The van der Waals surface area contributed by atoms with Crippen LogP contribution >= 0.6 is 11.6 Å². The largest absolute Gasteiger partial charge is 0.497 e. The predicted octanol–water partition coefficient (Wildman–Crippen LogP) is 2.27. The third-order valence-electron chi connectivity index (χ3n) is 3.25. The first-order valence-electron chi connectivity index (χ1n) is 7.66. The van der Waals surface area contributed by atoms with Crippen LogP contribution in [0.1, 0.15) is 10.4 Å². The van der Waals surface area contributed by atoms with Crippen molar-refractivity contribution >= 4 is 23.4 Å². The first kappa shape index (κ1) is 18.6. The number of halogens is 1. The lowest BCUT2D eigenvalue weighted by atomic mass is 10.2. The van der Waals surface area contributed by atoms with E-state index in [1.54, 1.807) is 49.6 Å². The quantitative estimate of drug-likeness (QED) is 0.706. The molecule has 0 radical (unpaired) electrons. The van der Waals surface area contributed by atoms with E-state index in [2.05, 4.69) is 10.6 Å². The third kappa shape index (κ3) is 6.35. The number of nitrogens with one attached hydrogen (secondary N) is 2. The highest BCUT2D eigenvalue weighted by Gasteiger charge is 2.08. The van der Waals surface area contributed by atoms with E-state index >= 15 is 0 Å². The van der Waals surface area contributed by atoms with Crippen LogP contribution in [0.25, 0.3) is 0 Å². The molecule has 132 valence electrons. The van der Waals surface area contributed by atoms with Gasteiger partial charge >= 0.3 is 0 Å². The summed E-state index contributed by atoms with van der Waals surface area (Å²) in [6, 6.07) is 13.7. The Hall–Kier alpha value is -2.73. The van der Waals surface area contributed by atoms with E-state index in [4.69, 9.17) is 21.1 Å². The highest BCUT2D eigenvalue weighted by atomic mass is 35.5. The Labute approximate surface area is 151 Å². The second-order valence-electron chi connectivity index (χ2n) is 5.07. The molecule has 2 aromatic carbocycles. The monoisotopic (exact) mass is 362 g/mol. The third-order valence-corrected chi connectivity index (χ3v) is 3.48. The Bertz CT molecular complexity index is 719. The van der Waals surface area contributed by atoms with Crippen LogP contribution in [-0.2, 0) is 4.79 Å². The molecule has 25 heavy (non-hydrogen) atoms. The molecule has 7 heteroatoms. The lowest BCUT2D eigenvalue weighted by Crippen LogP contribution is -2.38. The molecular weight excluding hydrogens is 344 g/mol. The molecule has 0 aliphatic carbocycles. The molecular formula is C18H19ClN2O4. The second-order valence-corrected chi connectivity index (χ2v) is 5.50. The molecule has 0 atom stereocenters. The zero-order valence-electron chi connectivity index (χ0n) is 13.8. The summed E-state index contributed by atoms with van der Waals surface area (Å²) in [6.45, 7) is 0.534. The number of methoxy groups -OCH3 is 1. The number of carbonyl (C=O) groups is 2. The fraction of sp³-hybridized carbons (Fsp3) is 0.222. The maximum absolute atomic E-state index is 11.9. The van der Waals surface area contributed by atoms with Crippen molar-refractivity contribution in [2.75, 3.05) is 26.8 Å². The van der Waals surface area contributed by atoms with Crippen LogP contribution in [0.2, 0.25) is 5.02 Å². The molecule has 2 aromatic rings. The number of hydrogen-bond donors (Lipinski definition) is 2. The van der Waals surface area contributed by atoms with Crippen LogP contribution in [0, 0.1) is 0 Å². The van der Waals surface area contributed by atoms with Gasteiger partial charge in [-0.25, -0.2) is 0 Å². The first-order chi connectivity index (χ1) is 12.1. The Morgan fingerprint density at radius 1 is 1.04 bits per heavy atom. The molecule has 2 rings (SSSR count). The van der Waals surface area contributed by atoms with Crippen LogP contribution in [0.15, 0.2) is 48.5 Å². The minimum absolute atomic E-state index is 0.117. The molecule has 0 saturated carbocycles. The van der Waals surface area contributed by atoms with Gasteiger partial charge in [0.25, 0.3) is 5.91 Å². The topological polar surface area (TPSA) is 76.7 Å². The van der Waals surface area contributed by atoms with E-state index < -0.39 is 0 Å². The van der Waals surface area contributed by atoms with Crippen molar-refractivity contribution in [3.8, 4) is 11.5 Å².